The predicted molar refractivity (Wildman–Crippen MR) is 97.1 cm³/mol. The number of benzene rings is 2. The monoisotopic (exact) mass is 341 g/mol. The van der Waals surface area contributed by atoms with Gasteiger partial charge in [-0.1, -0.05) is 24.8 Å². The lowest BCUT2D eigenvalue weighted by atomic mass is 10.1. The van der Waals surface area contributed by atoms with Gasteiger partial charge in [0.15, 0.2) is 12.0 Å². The van der Waals surface area contributed by atoms with Crippen molar-refractivity contribution < 1.29 is 13.9 Å². The molecule has 0 aliphatic carbocycles. The average molecular weight is 341 g/mol. The van der Waals surface area contributed by atoms with Crippen molar-refractivity contribution in [3.8, 4) is 5.75 Å². The van der Waals surface area contributed by atoms with Crippen molar-refractivity contribution in [2.75, 3.05) is 24.4 Å². The van der Waals surface area contributed by atoms with Crippen LogP contribution >= 0.6 is 0 Å². The number of hydrogen-bond acceptors (Lipinski definition) is 4. The Balaban J connectivity index is 2.03. The smallest absolute Gasteiger partial charge is 0.264 e. The normalized spacial score (nSPS) is 16.2. The van der Waals surface area contributed by atoms with Crippen LogP contribution in [0.5, 0.6) is 5.75 Å². The number of carbonyl (C=O) groups is 1. The Labute approximate surface area is 146 Å². The molecule has 0 spiro atoms. The van der Waals surface area contributed by atoms with E-state index in [1.807, 2.05) is 24.3 Å². The molecule has 0 saturated carbocycles. The van der Waals surface area contributed by atoms with Crippen LogP contribution in [-0.2, 0) is 11.3 Å². The standard InChI is InChI=1S/C19H20FN3O2/c1-4-13-7-10-15-17(16(13)20)23(19(24)18(21-2)22-15)11-12-5-8-14(25-3)9-6-12/h4-10,18,21-22H,1,11H2,2-3H3. The van der Waals surface area contributed by atoms with Gasteiger partial charge in [0.05, 0.1) is 19.3 Å². The number of anilines is 2. The Morgan fingerprint density at radius 3 is 2.64 bits per heavy atom. The molecule has 1 heterocycles. The highest BCUT2D eigenvalue weighted by molar-refractivity contribution is 6.05. The molecule has 0 bridgehead atoms. The van der Waals surface area contributed by atoms with Gasteiger partial charge in [-0.05, 0) is 36.9 Å². The second-order valence-electron chi connectivity index (χ2n) is 5.71. The van der Waals surface area contributed by atoms with Crippen molar-refractivity contribution in [3.63, 3.8) is 0 Å². The Morgan fingerprint density at radius 1 is 1.32 bits per heavy atom. The topological polar surface area (TPSA) is 53.6 Å². The second kappa shape index (κ2) is 6.94. The van der Waals surface area contributed by atoms with Crippen LogP contribution in [0.3, 0.4) is 0 Å². The molecule has 2 aromatic rings. The number of nitrogens with zero attached hydrogens (tertiary/aromatic N) is 1. The summed E-state index contributed by atoms with van der Waals surface area (Å²) in [6.45, 7) is 3.89. The number of amides is 1. The maximum absolute atomic E-state index is 14.9. The van der Waals surface area contributed by atoms with Crippen LogP contribution < -0.4 is 20.3 Å². The molecule has 1 aliphatic heterocycles. The predicted octanol–water partition coefficient (Wildman–Crippen LogP) is 2.98. The molecule has 3 rings (SSSR count). The van der Waals surface area contributed by atoms with Gasteiger partial charge in [-0.15, -0.1) is 0 Å². The van der Waals surface area contributed by atoms with Gasteiger partial charge in [0.2, 0.25) is 0 Å². The highest BCUT2D eigenvalue weighted by atomic mass is 19.1. The molecule has 1 unspecified atom stereocenters. The maximum atomic E-state index is 14.9. The minimum atomic E-state index is -0.611. The number of likely N-dealkylation sites (N-methyl/N-ethyl adjacent to an activating group) is 1. The summed E-state index contributed by atoms with van der Waals surface area (Å²) in [7, 11) is 3.27. The van der Waals surface area contributed by atoms with E-state index in [1.54, 1.807) is 26.3 Å². The number of carbonyl (C=O) groups excluding carboxylic acids is 1. The van der Waals surface area contributed by atoms with Gasteiger partial charge in [-0.3, -0.25) is 10.1 Å². The van der Waals surface area contributed by atoms with Crippen LogP contribution in [0.25, 0.3) is 6.08 Å². The zero-order chi connectivity index (χ0) is 18.0. The van der Waals surface area contributed by atoms with Crippen molar-refractivity contribution >= 4 is 23.4 Å². The number of rotatable bonds is 5. The number of ether oxygens (including phenoxy) is 1. The van der Waals surface area contributed by atoms with Crippen LogP contribution in [0.15, 0.2) is 43.0 Å². The quantitative estimate of drug-likeness (QED) is 0.878. The van der Waals surface area contributed by atoms with E-state index in [9.17, 15) is 9.18 Å². The molecule has 6 heteroatoms. The van der Waals surface area contributed by atoms with Gasteiger partial charge in [-0.25, -0.2) is 4.39 Å². The van der Waals surface area contributed by atoms with Crippen molar-refractivity contribution in [2.24, 2.45) is 0 Å². The highest BCUT2D eigenvalue weighted by Crippen LogP contribution is 2.36. The zero-order valence-electron chi connectivity index (χ0n) is 14.2. The third kappa shape index (κ3) is 3.08. The van der Waals surface area contributed by atoms with Gasteiger partial charge in [-0.2, -0.15) is 0 Å². The fraction of sp³-hybridized carbons (Fsp3) is 0.211. The molecule has 1 amide bonds. The minimum Gasteiger partial charge on any atom is -0.497 e. The summed E-state index contributed by atoms with van der Waals surface area (Å²) in [4.78, 5) is 14.2. The second-order valence-corrected chi connectivity index (χ2v) is 5.71. The van der Waals surface area contributed by atoms with E-state index in [0.717, 1.165) is 11.3 Å². The van der Waals surface area contributed by atoms with E-state index in [4.69, 9.17) is 4.74 Å². The van der Waals surface area contributed by atoms with Crippen LogP contribution in [0.1, 0.15) is 11.1 Å². The Kier molecular flexibility index (Phi) is 4.72. The molecule has 0 saturated heterocycles. The summed E-state index contributed by atoms with van der Waals surface area (Å²) < 4.78 is 20.0. The van der Waals surface area contributed by atoms with Gasteiger partial charge in [0.1, 0.15) is 11.4 Å². The Bertz CT molecular complexity index is 805. The van der Waals surface area contributed by atoms with Gasteiger partial charge < -0.3 is 15.0 Å². The lowest BCUT2D eigenvalue weighted by Gasteiger charge is -2.35. The number of halogens is 1. The van der Waals surface area contributed by atoms with Crippen molar-refractivity contribution in [2.45, 2.75) is 12.7 Å². The molecule has 2 aromatic carbocycles. The van der Waals surface area contributed by atoms with E-state index in [0.29, 0.717) is 11.3 Å². The molecule has 0 radical (unpaired) electrons. The first-order valence-corrected chi connectivity index (χ1v) is 7.92. The molecular weight excluding hydrogens is 321 g/mol. The van der Waals surface area contributed by atoms with Crippen LogP contribution in [0.4, 0.5) is 15.8 Å². The summed E-state index contributed by atoms with van der Waals surface area (Å²) in [5.41, 5.74) is 2.04. The molecule has 0 fully saturated rings. The first-order valence-electron chi connectivity index (χ1n) is 7.92. The minimum absolute atomic E-state index is 0.240. The summed E-state index contributed by atoms with van der Waals surface area (Å²) in [5.74, 6) is 0.0198. The lowest BCUT2D eigenvalue weighted by molar-refractivity contribution is -0.120. The van der Waals surface area contributed by atoms with E-state index in [-0.39, 0.29) is 18.1 Å². The number of nitrogens with one attached hydrogen (secondary N) is 2. The van der Waals surface area contributed by atoms with Crippen LogP contribution in [-0.4, -0.2) is 26.2 Å². The molecule has 1 atom stereocenters. The summed E-state index contributed by atoms with van der Waals surface area (Å²) in [5, 5.41) is 5.94. The summed E-state index contributed by atoms with van der Waals surface area (Å²) >= 11 is 0. The number of fused-ring (bicyclic) bond motifs is 1. The number of methoxy groups -OCH3 is 1. The summed E-state index contributed by atoms with van der Waals surface area (Å²) in [6.07, 6.45) is 0.829. The lowest BCUT2D eigenvalue weighted by Crippen LogP contribution is -2.53. The number of hydrogen-bond donors (Lipinski definition) is 2. The largest absolute Gasteiger partial charge is 0.497 e. The van der Waals surface area contributed by atoms with Crippen LogP contribution in [0.2, 0.25) is 0 Å². The summed E-state index contributed by atoms with van der Waals surface area (Å²) in [6, 6.07) is 10.7. The van der Waals surface area contributed by atoms with Gasteiger partial charge >= 0.3 is 0 Å². The van der Waals surface area contributed by atoms with Crippen molar-refractivity contribution in [3.05, 3.63) is 59.9 Å². The first kappa shape index (κ1) is 17.0. The van der Waals surface area contributed by atoms with E-state index < -0.39 is 12.0 Å². The van der Waals surface area contributed by atoms with Crippen molar-refractivity contribution in [1.29, 1.82) is 0 Å². The molecule has 1 aliphatic rings. The first-order chi connectivity index (χ1) is 12.1. The molecule has 25 heavy (non-hydrogen) atoms. The van der Waals surface area contributed by atoms with E-state index in [1.165, 1.54) is 11.0 Å². The maximum Gasteiger partial charge on any atom is 0.264 e. The average Bonchev–Trinajstić information content (AvgIpc) is 2.64. The fourth-order valence-corrected chi connectivity index (χ4v) is 2.87. The Morgan fingerprint density at radius 2 is 2.04 bits per heavy atom. The third-order valence-corrected chi connectivity index (χ3v) is 4.24. The molecule has 2 N–H and O–H groups in total. The molecule has 5 nitrogen and oxygen atoms in total. The van der Waals surface area contributed by atoms with E-state index >= 15 is 0 Å². The van der Waals surface area contributed by atoms with Crippen LogP contribution in [0, 0.1) is 5.82 Å². The van der Waals surface area contributed by atoms with Crippen molar-refractivity contribution in [1.82, 2.24) is 5.32 Å². The van der Waals surface area contributed by atoms with Gasteiger partial charge in [0, 0.05) is 5.56 Å². The fourth-order valence-electron chi connectivity index (χ4n) is 2.87. The SMILES string of the molecule is C=Cc1ccc2c(c1F)N(Cc1ccc(OC)cc1)C(=O)C(NC)N2. The van der Waals surface area contributed by atoms with Gasteiger partial charge in [0.25, 0.3) is 5.91 Å². The highest BCUT2D eigenvalue weighted by Gasteiger charge is 2.34. The third-order valence-electron chi connectivity index (χ3n) is 4.24. The van der Waals surface area contributed by atoms with E-state index in [2.05, 4.69) is 17.2 Å². The molecule has 0 aromatic heterocycles. The molecule has 130 valence electrons. The molecular formula is C19H20FN3O2. The Hall–Kier alpha value is -2.86. The zero-order valence-corrected chi connectivity index (χ0v) is 14.2.